The van der Waals surface area contributed by atoms with E-state index in [0.717, 1.165) is 11.3 Å². The Kier molecular flexibility index (Phi) is 2.36. The first-order valence-corrected chi connectivity index (χ1v) is 6.96. The fraction of sp³-hybridized carbons (Fsp3) is 0.118. The molecule has 4 rings (SSSR count). The Morgan fingerprint density at radius 2 is 1.95 bits per heavy atom. The zero-order valence-electron chi connectivity index (χ0n) is 12.0. The Bertz CT molecular complexity index is 975. The van der Waals surface area contributed by atoms with Crippen LogP contribution in [0.4, 0.5) is 5.82 Å². The number of benzene rings is 1. The minimum Gasteiger partial charge on any atom is -0.382 e. The average Bonchev–Trinajstić information content (AvgIpc) is 3.06. The molecule has 3 N–H and O–H groups in total. The molecule has 0 radical (unpaired) electrons. The number of aromatic nitrogens is 3. The van der Waals surface area contributed by atoms with Gasteiger partial charge >= 0.3 is 0 Å². The molecule has 0 saturated heterocycles. The van der Waals surface area contributed by atoms with Crippen molar-refractivity contribution in [1.82, 2.24) is 14.4 Å². The van der Waals surface area contributed by atoms with E-state index in [1.165, 1.54) is 27.6 Å². The zero-order valence-corrected chi connectivity index (χ0v) is 12.0. The molecule has 4 heteroatoms. The number of imidazole rings is 1. The number of pyridine rings is 1. The van der Waals surface area contributed by atoms with Crippen molar-refractivity contribution in [3.8, 4) is 11.1 Å². The van der Waals surface area contributed by atoms with Gasteiger partial charge in [0.05, 0.1) is 5.69 Å². The van der Waals surface area contributed by atoms with Gasteiger partial charge < -0.3 is 15.1 Å². The summed E-state index contributed by atoms with van der Waals surface area (Å²) in [5.41, 5.74) is 12.6. The number of fused-ring (bicyclic) bond motifs is 2. The predicted octanol–water partition coefficient (Wildman–Crippen LogP) is 3.68. The summed E-state index contributed by atoms with van der Waals surface area (Å²) in [6, 6.07) is 10.5. The maximum Gasteiger partial charge on any atom is 0.145 e. The molecule has 0 fully saturated rings. The third kappa shape index (κ3) is 1.65. The highest BCUT2D eigenvalue weighted by atomic mass is 15.1. The number of H-pyrrole nitrogens is 1. The van der Waals surface area contributed by atoms with Gasteiger partial charge in [-0.1, -0.05) is 6.07 Å². The summed E-state index contributed by atoms with van der Waals surface area (Å²) in [6.07, 6.45) is 4.08. The van der Waals surface area contributed by atoms with Crippen LogP contribution >= 0.6 is 0 Å². The lowest BCUT2D eigenvalue weighted by Gasteiger charge is -2.08. The average molecular weight is 276 g/mol. The van der Waals surface area contributed by atoms with Crippen LogP contribution in [0.15, 0.2) is 42.7 Å². The highest BCUT2D eigenvalue weighted by Gasteiger charge is 2.10. The molecule has 0 spiro atoms. The van der Waals surface area contributed by atoms with Crippen LogP contribution in [0, 0.1) is 13.8 Å². The largest absolute Gasteiger partial charge is 0.382 e. The van der Waals surface area contributed by atoms with E-state index in [-0.39, 0.29) is 0 Å². The molecule has 0 saturated carbocycles. The summed E-state index contributed by atoms with van der Waals surface area (Å²) in [5, 5.41) is 1.26. The van der Waals surface area contributed by atoms with Gasteiger partial charge in [-0.05, 0) is 54.8 Å². The van der Waals surface area contributed by atoms with Crippen molar-refractivity contribution >= 4 is 22.4 Å². The third-order valence-corrected chi connectivity index (χ3v) is 4.21. The lowest BCUT2D eigenvalue weighted by molar-refractivity contribution is 1.11. The first-order chi connectivity index (χ1) is 10.1. The van der Waals surface area contributed by atoms with Crippen molar-refractivity contribution in [1.29, 1.82) is 0 Å². The van der Waals surface area contributed by atoms with Crippen LogP contribution in [0.25, 0.3) is 27.7 Å². The molecule has 0 aliphatic heterocycles. The number of nitrogens with one attached hydrogen (secondary N) is 1. The highest BCUT2D eigenvalue weighted by molar-refractivity contribution is 5.89. The molecule has 1 aromatic carbocycles. The predicted molar refractivity (Wildman–Crippen MR) is 86.4 cm³/mol. The molecule has 0 aliphatic rings. The van der Waals surface area contributed by atoms with Gasteiger partial charge in [0.25, 0.3) is 0 Å². The van der Waals surface area contributed by atoms with Crippen LogP contribution < -0.4 is 5.73 Å². The molecule has 0 atom stereocenters. The molecule has 4 aromatic rings. The molecule has 0 aliphatic carbocycles. The molecule has 0 bridgehead atoms. The number of hydrogen-bond acceptors (Lipinski definition) is 2. The van der Waals surface area contributed by atoms with Crippen LogP contribution in [-0.2, 0) is 0 Å². The second-order valence-electron chi connectivity index (χ2n) is 5.41. The lowest BCUT2D eigenvalue weighted by atomic mass is 9.99. The Morgan fingerprint density at radius 1 is 1.10 bits per heavy atom. The molecular weight excluding hydrogens is 260 g/mol. The Labute approximate surface area is 122 Å². The number of nitrogen functional groups attached to an aromatic ring is 1. The molecule has 104 valence electrons. The summed E-state index contributed by atoms with van der Waals surface area (Å²) in [6.45, 7) is 4.14. The first kappa shape index (κ1) is 12.0. The molecule has 4 nitrogen and oxygen atoms in total. The van der Waals surface area contributed by atoms with E-state index in [9.17, 15) is 0 Å². The van der Waals surface area contributed by atoms with Gasteiger partial charge in [0, 0.05) is 23.3 Å². The van der Waals surface area contributed by atoms with Crippen LogP contribution in [0.3, 0.4) is 0 Å². The third-order valence-electron chi connectivity index (χ3n) is 4.21. The van der Waals surface area contributed by atoms with Crippen LogP contribution in [-0.4, -0.2) is 14.4 Å². The van der Waals surface area contributed by atoms with Crippen molar-refractivity contribution in [3.05, 3.63) is 54.0 Å². The number of rotatable bonds is 1. The quantitative estimate of drug-likeness (QED) is 0.557. The van der Waals surface area contributed by atoms with Gasteiger partial charge in [-0.3, -0.25) is 0 Å². The monoisotopic (exact) mass is 276 g/mol. The summed E-state index contributed by atoms with van der Waals surface area (Å²) < 4.78 is 2.05. The van der Waals surface area contributed by atoms with E-state index >= 15 is 0 Å². The zero-order chi connectivity index (χ0) is 14.6. The first-order valence-electron chi connectivity index (χ1n) is 6.96. The molecule has 0 amide bonds. The van der Waals surface area contributed by atoms with E-state index in [1.54, 1.807) is 0 Å². The molecule has 3 aromatic heterocycles. The van der Waals surface area contributed by atoms with Crippen molar-refractivity contribution in [2.75, 3.05) is 5.73 Å². The van der Waals surface area contributed by atoms with E-state index in [4.69, 9.17) is 5.73 Å². The second kappa shape index (κ2) is 4.12. The van der Waals surface area contributed by atoms with Gasteiger partial charge in [-0.2, -0.15) is 0 Å². The minimum atomic E-state index is 0.588. The number of anilines is 1. The second-order valence-corrected chi connectivity index (χ2v) is 5.41. The number of hydrogen-bond donors (Lipinski definition) is 2. The Hall–Kier alpha value is -2.75. The van der Waals surface area contributed by atoms with Crippen molar-refractivity contribution in [3.63, 3.8) is 0 Å². The van der Waals surface area contributed by atoms with E-state index in [1.807, 2.05) is 23.6 Å². The van der Waals surface area contributed by atoms with Gasteiger partial charge in [0.2, 0.25) is 0 Å². The number of aryl methyl sites for hydroxylation is 2. The Morgan fingerprint density at radius 3 is 2.81 bits per heavy atom. The van der Waals surface area contributed by atoms with Crippen LogP contribution in [0.5, 0.6) is 0 Å². The summed E-state index contributed by atoms with van der Waals surface area (Å²) in [4.78, 5) is 7.60. The van der Waals surface area contributed by atoms with Gasteiger partial charge in [0.15, 0.2) is 0 Å². The maximum atomic E-state index is 5.90. The van der Waals surface area contributed by atoms with E-state index < -0.39 is 0 Å². The summed E-state index contributed by atoms with van der Waals surface area (Å²) in [7, 11) is 0. The molecule has 3 heterocycles. The molecular formula is C17H16N4. The van der Waals surface area contributed by atoms with Gasteiger partial charge in [0.1, 0.15) is 11.5 Å². The fourth-order valence-corrected chi connectivity index (χ4v) is 2.94. The Balaban J connectivity index is 1.99. The summed E-state index contributed by atoms with van der Waals surface area (Å²) in [5.74, 6) is 0.588. The van der Waals surface area contributed by atoms with E-state index in [0.29, 0.717) is 5.82 Å². The molecule has 0 unspecified atom stereocenters. The number of aromatic amines is 1. The van der Waals surface area contributed by atoms with E-state index in [2.05, 4.69) is 47.4 Å². The minimum absolute atomic E-state index is 0.588. The van der Waals surface area contributed by atoms with Crippen molar-refractivity contribution < 1.29 is 0 Å². The number of nitrogens with two attached hydrogens (primary N) is 1. The fourth-order valence-electron chi connectivity index (χ4n) is 2.94. The van der Waals surface area contributed by atoms with Crippen LogP contribution in [0.2, 0.25) is 0 Å². The SMILES string of the molecule is Cc1c(-c2ccc3nc(N)c(C)n3c2)ccc2[nH]ccc12. The standard InChI is InChI=1S/C17H16N4/c1-10-13(4-5-15-14(10)7-8-19-15)12-3-6-16-20-17(18)11(2)21(16)9-12/h3-9,19H,18H2,1-2H3. The number of nitrogens with zero attached hydrogens (tertiary/aromatic N) is 2. The van der Waals surface area contributed by atoms with Crippen LogP contribution in [0.1, 0.15) is 11.3 Å². The lowest BCUT2D eigenvalue weighted by Crippen LogP contribution is -1.92. The van der Waals surface area contributed by atoms with Gasteiger partial charge in [-0.15, -0.1) is 0 Å². The van der Waals surface area contributed by atoms with Gasteiger partial charge in [-0.25, -0.2) is 4.98 Å². The topological polar surface area (TPSA) is 59.1 Å². The normalized spacial score (nSPS) is 11.5. The summed E-state index contributed by atoms with van der Waals surface area (Å²) >= 11 is 0. The molecule has 21 heavy (non-hydrogen) atoms. The smallest absolute Gasteiger partial charge is 0.145 e. The van der Waals surface area contributed by atoms with Crippen molar-refractivity contribution in [2.24, 2.45) is 0 Å². The highest BCUT2D eigenvalue weighted by Crippen LogP contribution is 2.30. The maximum absolute atomic E-state index is 5.90. The van der Waals surface area contributed by atoms with Crippen molar-refractivity contribution in [2.45, 2.75) is 13.8 Å².